The lowest BCUT2D eigenvalue weighted by atomic mass is 10.2. The van der Waals surface area contributed by atoms with Crippen LogP contribution >= 0.6 is 0 Å². The van der Waals surface area contributed by atoms with Crippen molar-refractivity contribution in [2.75, 3.05) is 11.4 Å². The number of aliphatic hydroxyl groups excluding tert-OH is 1. The molecule has 1 amide bonds. The van der Waals surface area contributed by atoms with Gasteiger partial charge in [-0.2, -0.15) is 0 Å². The number of carbonyl (C=O) groups excluding carboxylic acids is 1. The zero-order chi connectivity index (χ0) is 11.0. The molecule has 1 aromatic rings. The first-order valence-corrected chi connectivity index (χ1v) is 4.82. The molecule has 2 rings (SSSR count). The summed E-state index contributed by atoms with van der Waals surface area (Å²) in [6.45, 7) is 2.01. The second-order valence-corrected chi connectivity index (χ2v) is 3.82. The van der Waals surface area contributed by atoms with Gasteiger partial charge in [0.2, 0.25) is 5.91 Å². The molecule has 1 unspecified atom stereocenters. The van der Waals surface area contributed by atoms with E-state index >= 15 is 0 Å². The predicted molar refractivity (Wildman–Crippen MR) is 54.1 cm³/mol. The fraction of sp³-hybridized carbons (Fsp3) is 0.364. The summed E-state index contributed by atoms with van der Waals surface area (Å²) in [5.74, 6) is -0.657. The van der Waals surface area contributed by atoms with Crippen molar-refractivity contribution in [1.82, 2.24) is 0 Å². The number of aliphatic hydroxyl groups is 1. The minimum atomic E-state index is -0.683. The monoisotopic (exact) mass is 209 g/mol. The fourth-order valence-corrected chi connectivity index (χ4v) is 1.75. The Morgan fingerprint density at radius 3 is 2.87 bits per heavy atom. The molecule has 1 N–H and O–H groups in total. The van der Waals surface area contributed by atoms with Crippen LogP contribution in [-0.4, -0.2) is 23.7 Å². The van der Waals surface area contributed by atoms with Crippen LogP contribution in [0.15, 0.2) is 18.2 Å². The lowest BCUT2D eigenvalue weighted by Crippen LogP contribution is -2.26. The van der Waals surface area contributed by atoms with E-state index < -0.39 is 11.9 Å². The minimum Gasteiger partial charge on any atom is -0.391 e. The molecule has 1 fully saturated rings. The Morgan fingerprint density at radius 2 is 2.27 bits per heavy atom. The van der Waals surface area contributed by atoms with E-state index in [0.717, 1.165) is 5.56 Å². The van der Waals surface area contributed by atoms with Gasteiger partial charge >= 0.3 is 0 Å². The highest BCUT2D eigenvalue weighted by Gasteiger charge is 2.30. The summed E-state index contributed by atoms with van der Waals surface area (Å²) in [7, 11) is 0. The molecule has 1 aliphatic heterocycles. The second kappa shape index (κ2) is 3.62. The summed E-state index contributed by atoms with van der Waals surface area (Å²) in [5, 5.41) is 9.31. The van der Waals surface area contributed by atoms with Crippen LogP contribution in [0.4, 0.5) is 10.1 Å². The molecular formula is C11H12FNO2. The van der Waals surface area contributed by atoms with Crippen molar-refractivity contribution in [2.24, 2.45) is 0 Å². The number of halogens is 1. The second-order valence-electron chi connectivity index (χ2n) is 3.82. The summed E-state index contributed by atoms with van der Waals surface area (Å²) in [6.07, 6.45) is -0.606. The van der Waals surface area contributed by atoms with Crippen LogP contribution in [0.3, 0.4) is 0 Å². The first-order chi connectivity index (χ1) is 7.08. The van der Waals surface area contributed by atoms with E-state index in [0.29, 0.717) is 0 Å². The lowest BCUT2D eigenvalue weighted by Gasteiger charge is -2.17. The van der Waals surface area contributed by atoms with Gasteiger partial charge in [-0.3, -0.25) is 4.79 Å². The number of amides is 1. The number of anilines is 1. The fourth-order valence-electron chi connectivity index (χ4n) is 1.75. The maximum absolute atomic E-state index is 13.4. The van der Waals surface area contributed by atoms with Crippen molar-refractivity contribution in [3.8, 4) is 0 Å². The number of aryl methyl sites for hydroxylation is 1. The van der Waals surface area contributed by atoms with Gasteiger partial charge in [0, 0.05) is 0 Å². The van der Waals surface area contributed by atoms with Gasteiger partial charge in [0.25, 0.3) is 0 Å². The number of rotatable bonds is 1. The van der Waals surface area contributed by atoms with Crippen molar-refractivity contribution in [3.63, 3.8) is 0 Å². The third kappa shape index (κ3) is 1.85. The predicted octanol–water partition coefficient (Wildman–Crippen LogP) is 1.23. The van der Waals surface area contributed by atoms with Crippen LogP contribution in [0.2, 0.25) is 0 Å². The van der Waals surface area contributed by atoms with E-state index in [1.807, 2.05) is 6.92 Å². The lowest BCUT2D eigenvalue weighted by molar-refractivity contribution is -0.117. The number of β-amino-alcohol motifs (C(OH)–C–C–N with tert-alkyl or cyclic N) is 1. The highest BCUT2D eigenvalue weighted by atomic mass is 19.1. The van der Waals surface area contributed by atoms with Crippen LogP contribution < -0.4 is 4.90 Å². The first kappa shape index (κ1) is 10.1. The SMILES string of the molecule is Cc1ccc(F)c(N2CC(O)CC2=O)c1. The van der Waals surface area contributed by atoms with E-state index in [9.17, 15) is 14.3 Å². The van der Waals surface area contributed by atoms with Gasteiger partial charge in [0.15, 0.2) is 0 Å². The van der Waals surface area contributed by atoms with Crippen LogP contribution in [0.25, 0.3) is 0 Å². The van der Waals surface area contributed by atoms with Crippen LogP contribution in [0, 0.1) is 12.7 Å². The Balaban J connectivity index is 2.37. The molecule has 1 aromatic carbocycles. The van der Waals surface area contributed by atoms with Gasteiger partial charge in [-0.05, 0) is 24.6 Å². The summed E-state index contributed by atoms with van der Waals surface area (Å²) in [4.78, 5) is 12.7. The standard InChI is InChI=1S/C11H12FNO2/c1-7-2-3-9(12)10(4-7)13-6-8(14)5-11(13)15/h2-4,8,14H,5-6H2,1H3. The molecule has 0 aromatic heterocycles. The first-order valence-electron chi connectivity index (χ1n) is 4.82. The van der Waals surface area contributed by atoms with E-state index in [1.165, 1.54) is 11.0 Å². The average molecular weight is 209 g/mol. The van der Waals surface area contributed by atoms with E-state index in [2.05, 4.69) is 0 Å². The zero-order valence-electron chi connectivity index (χ0n) is 8.40. The molecule has 0 saturated carbocycles. The topological polar surface area (TPSA) is 40.5 Å². The van der Waals surface area contributed by atoms with Crippen LogP contribution in [0.1, 0.15) is 12.0 Å². The number of hydrogen-bond donors (Lipinski definition) is 1. The molecule has 0 spiro atoms. The highest BCUT2D eigenvalue weighted by molar-refractivity contribution is 5.96. The molecule has 1 aliphatic rings. The van der Waals surface area contributed by atoms with Gasteiger partial charge in [-0.1, -0.05) is 6.07 Å². The Morgan fingerprint density at radius 1 is 1.53 bits per heavy atom. The number of benzene rings is 1. The summed E-state index contributed by atoms with van der Waals surface area (Å²) in [6, 6.07) is 4.60. The van der Waals surface area contributed by atoms with Crippen molar-refractivity contribution in [3.05, 3.63) is 29.6 Å². The molecule has 15 heavy (non-hydrogen) atoms. The zero-order valence-corrected chi connectivity index (χ0v) is 8.40. The average Bonchev–Trinajstić information content (AvgIpc) is 2.50. The van der Waals surface area contributed by atoms with E-state index in [1.54, 1.807) is 12.1 Å². The minimum absolute atomic E-state index is 0.0768. The Kier molecular flexibility index (Phi) is 2.44. The van der Waals surface area contributed by atoms with Gasteiger partial charge < -0.3 is 10.0 Å². The largest absolute Gasteiger partial charge is 0.391 e. The molecule has 3 nitrogen and oxygen atoms in total. The van der Waals surface area contributed by atoms with Gasteiger partial charge in [0.1, 0.15) is 5.82 Å². The molecule has 80 valence electrons. The molecule has 0 radical (unpaired) electrons. The Labute approximate surface area is 87.1 Å². The maximum atomic E-state index is 13.4. The van der Waals surface area contributed by atoms with Crippen molar-refractivity contribution in [2.45, 2.75) is 19.4 Å². The summed E-state index contributed by atoms with van der Waals surface area (Å²) >= 11 is 0. The number of carbonyl (C=O) groups is 1. The quantitative estimate of drug-likeness (QED) is 0.755. The highest BCUT2D eigenvalue weighted by Crippen LogP contribution is 2.25. The molecule has 1 heterocycles. The molecule has 4 heteroatoms. The van der Waals surface area contributed by atoms with Crippen molar-refractivity contribution < 1.29 is 14.3 Å². The van der Waals surface area contributed by atoms with Crippen molar-refractivity contribution >= 4 is 11.6 Å². The maximum Gasteiger partial charge on any atom is 0.229 e. The third-order valence-corrected chi connectivity index (χ3v) is 2.50. The molecule has 1 saturated heterocycles. The Bertz CT molecular complexity index is 406. The normalized spacial score (nSPS) is 21.1. The third-order valence-electron chi connectivity index (χ3n) is 2.50. The molecule has 0 bridgehead atoms. The van der Waals surface area contributed by atoms with Gasteiger partial charge in [-0.25, -0.2) is 4.39 Å². The summed E-state index contributed by atoms with van der Waals surface area (Å²) in [5.41, 5.74) is 1.15. The Hall–Kier alpha value is -1.42. The van der Waals surface area contributed by atoms with Crippen LogP contribution in [-0.2, 0) is 4.79 Å². The van der Waals surface area contributed by atoms with Gasteiger partial charge in [-0.15, -0.1) is 0 Å². The molecule has 1 atom stereocenters. The summed E-state index contributed by atoms with van der Waals surface area (Å²) < 4.78 is 13.4. The van der Waals surface area contributed by atoms with E-state index in [4.69, 9.17) is 0 Å². The smallest absolute Gasteiger partial charge is 0.229 e. The van der Waals surface area contributed by atoms with E-state index in [-0.39, 0.29) is 24.6 Å². The number of nitrogens with zero attached hydrogens (tertiary/aromatic N) is 1. The molecular weight excluding hydrogens is 197 g/mol. The van der Waals surface area contributed by atoms with Crippen molar-refractivity contribution in [1.29, 1.82) is 0 Å². The number of hydrogen-bond acceptors (Lipinski definition) is 2. The van der Waals surface area contributed by atoms with Gasteiger partial charge in [0.05, 0.1) is 24.8 Å². The van der Waals surface area contributed by atoms with Crippen LogP contribution in [0.5, 0.6) is 0 Å². The molecule has 0 aliphatic carbocycles.